The fraction of sp³-hybridized carbons (Fsp3) is 0.250. The Bertz CT molecular complexity index is 878. The standard InChI is InChI=1S/C20H18BrNO5/c1-26-20(25)14-6-9-18(16(21)11-14)27-12-17(23)13-4-7-15(8-5-13)22-10-2-3-19(22)24/h4-9,11H,2-3,10,12H2,1H3. The average molecular weight is 432 g/mol. The summed E-state index contributed by atoms with van der Waals surface area (Å²) in [5.41, 5.74) is 1.69. The van der Waals surface area contributed by atoms with Gasteiger partial charge in [-0.1, -0.05) is 0 Å². The molecule has 0 aliphatic carbocycles. The molecule has 0 N–H and O–H groups in total. The van der Waals surface area contributed by atoms with Gasteiger partial charge in [-0.25, -0.2) is 4.79 Å². The molecule has 0 bridgehead atoms. The van der Waals surface area contributed by atoms with Gasteiger partial charge in [-0.2, -0.15) is 0 Å². The number of esters is 1. The molecule has 3 rings (SSSR count). The van der Waals surface area contributed by atoms with E-state index in [9.17, 15) is 14.4 Å². The second-order valence-electron chi connectivity index (χ2n) is 6.04. The van der Waals surface area contributed by atoms with Crippen LogP contribution in [0, 0.1) is 0 Å². The number of ether oxygens (including phenoxy) is 2. The largest absolute Gasteiger partial charge is 0.484 e. The van der Waals surface area contributed by atoms with Crippen LogP contribution in [-0.2, 0) is 9.53 Å². The van der Waals surface area contributed by atoms with Crippen molar-refractivity contribution in [1.82, 2.24) is 0 Å². The Balaban J connectivity index is 1.62. The van der Waals surface area contributed by atoms with Gasteiger partial charge >= 0.3 is 5.97 Å². The van der Waals surface area contributed by atoms with E-state index in [2.05, 4.69) is 20.7 Å². The molecule has 27 heavy (non-hydrogen) atoms. The lowest BCUT2D eigenvalue weighted by molar-refractivity contribution is -0.117. The van der Waals surface area contributed by atoms with Gasteiger partial charge in [0, 0.05) is 24.2 Å². The van der Waals surface area contributed by atoms with Crippen LogP contribution in [0.1, 0.15) is 33.6 Å². The second-order valence-corrected chi connectivity index (χ2v) is 6.90. The van der Waals surface area contributed by atoms with E-state index in [4.69, 9.17) is 4.74 Å². The van der Waals surface area contributed by atoms with Crippen molar-refractivity contribution in [3.63, 3.8) is 0 Å². The van der Waals surface area contributed by atoms with Crippen LogP contribution in [-0.4, -0.2) is 37.9 Å². The monoisotopic (exact) mass is 431 g/mol. The normalized spacial score (nSPS) is 13.6. The molecule has 2 aromatic carbocycles. The van der Waals surface area contributed by atoms with E-state index in [0.717, 1.165) is 12.1 Å². The first kappa shape index (κ1) is 19.1. The van der Waals surface area contributed by atoms with E-state index in [0.29, 0.717) is 34.3 Å². The molecule has 7 heteroatoms. The minimum absolute atomic E-state index is 0.109. The smallest absolute Gasteiger partial charge is 0.337 e. The highest BCUT2D eigenvalue weighted by Gasteiger charge is 2.21. The topological polar surface area (TPSA) is 72.9 Å². The van der Waals surface area contributed by atoms with Crippen molar-refractivity contribution in [2.24, 2.45) is 0 Å². The summed E-state index contributed by atoms with van der Waals surface area (Å²) < 4.78 is 10.8. The maximum atomic E-state index is 12.4. The molecular formula is C20H18BrNO5. The number of halogens is 1. The molecule has 1 aliphatic heterocycles. The lowest BCUT2D eigenvalue weighted by Gasteiger charge is -2.15. The maximum absolute atomic E-state index is 12.4. The van der Waals surface area contributed by atoms with Gasteiger partial charge in [0.1, 0.15) is 5.75 Å². The Morgan fingerprint density at radius 3 is 2.41 bits per heavy atom. The van der Waals surface area contributed by atoms with Crippen molar-refractivity contribution < 1.29 is 23.9 Å². The zero-order valence-corrected chi connectivity index (χ0v) is 16.3. The summed E-state index contributed by atoms with van der Waals surface area (Å²) in [5.74, 6) is -0.0684. The van der Waals surface area contributed by atoms with E-state index in [1.165, 1.54) is 7.11 Å². The molecule has 1 saturated heterocycles. The van der Waals surface area contributed by atoms with Crippen LogP contribution in [0.4, 0.5) is 5.69 Å². The number of nitrogens with zero attached hydrogens (tertiary/aromatic N) is 1. The molecular weight excluding hydrogens is 414 g/mol. The lowest BCUT2D eigenvalue weighted by atomic mass is 10.1. The quantitative estimate of drug-likeness (QED) is 0.515. The van der Waals surface area contributed by atoms with Crippen LogP contribution in [0.15, 0.2) is 46.9 Å². The summed E-state index contributed by atoms with van der Waals surface area (Å²) in [4.78, 5) is 37.4. The molecule has 1 aliphatic rings. The van der Waals surface area contributed by atoms with Gasteiger partial charge in [0.25, 0.3) is 0 Å². The third kappa shape index (κ3) is 4.36. The average Bonchev–Trinajstić information content (AvgIpc) is 3.12. The summed E-state index contributed by atoms with van der Waals surface area (Å²) >= 11 is 3.32. The van der Waals surface area contributed by atoms with Crippen LogP contribution in [0.5, 0.6) is 5.75 Å². The van der Waals surface area contributed by atoms with E-state index >= 15 is 0 Å². The summed E-state index contributed by atoms with van der Waals surface area (Å²) in [7, 11) is 1.31. The first-order chi connectivity index (χ1) is 13.0. The Morgan fingerprint density at radius 2 is 1.81 bits per heavy atom. The molecule has 0 aromatic heterocycles. The van der Waals surface area contributed by atoms with E-state index in [-0.39, 0.29) is 18.3 Å². The number of benzene rings is 2. The number of methoxy groups -OCH3 is 1. The number of Topliss-reactive ketones (excluding diaryl/α,β-unsaturated/α-hetero) is 1. The number of ketones is 1. The summed E-state index contributed by atoms with van der Waals surface area (Å²) in [6.07, 6.45) is 1.43. The van der Waals surface area contributed by atoms with Gasteiger partial charge in [0.2, 0.25) is 5.91 Å². The Kier molecular flexibility index (Phi) is 5.91. The highest BCUT2D eigenvalue weighted by atomic mass is 79.9. The molecule has 140 valence electrons. The van der Waals surface area contributed by atoms with Crippen molar-refractivity contribution >= 4 is 39.3 Å². The van der Waals surface area contributed by atoms with Crippen molar-refractivity contribution in [3.05, 3.63) is 58.1 Å². The maximum Gasteiger partial charge on any atom is 0.337 e. The minimum Gasteiger partial charge on any atom is -0.484 e. The van der Waals surface area contributed by atoms with Crippen LogP contribution in [0.25, 0.3) is 0 Å². The number of carbonyl (C=O) groups excluding carboxylic acids is 3. The molecule has 6 nitrogen and oxygen atoms in total. The highest BCUT2D eigenvalue weighted by molar-refractivity contribution is 9.10. The Labute approximate surface area is 165 Å². The fourth-order valence-corrected chi connectivity index (χ4v) is 3.33. The second kappa shape index (κ2) is 8.35. The molecule has 2 aromatic rings. The summed E-state index contributed by atoms with van der Waals surface area (Å²) in [5, 5.41) is 0. The van der Waals surface area contributed by atoms with Crippen LogP contribution in [0.2, 0.25) is 0 Å². The first-order valence-corrected chi connectivity index (χ1v) is 9.23. The molecule has 0 saturated carbocycles. The molecule has 1 fully saturated rings. The molecule has 0 atom stereocenters. The van der Waals surface area contributed by atoms with Crippen molar-refractivity contribution in [2.75, 3.05) is 25.2 Å². The predicted octanol–water partition coefficient (Wildman–Crippen LogP) is 3.62. The van der Waals surface area contributed by atoms with Gasteiger partial charge in [-0.05, 0) is 64.8 Å². The van der Waals surface area contributed by atoms with Gasteiger partial charge in [0.15, 0.2) is 12.4 Å². The highest BCUT2D eigenvalue weighted by Crippen LogP contribution is 2.27. The molecule has 0 unspecified atom stereocenters. The number of rotatable bonds is 6. The zero-order chi connectivity index (χ0) is 19.4. The fourth-order valence-electron chi connectivity index (χ4n) is 2.84. The van der Waals surface area contributed by atoms with Crippen molar-refractivity contribution in [3.8, 4) is 5.75 Å². The number of carbonyl (C=O) groups is 3. The van der Waals surface area contributed by atoms with Crippen LogP contribution < -0.4 is 9.64 Å². The number of hydrogen-bond donors (Lipinski definition) is 0. The SMILES string of the molecule is COC(=O)c1ccc(OCC(=O)c2ccc(N3CCCC3=O)cc2)c(Br)c1. The molecule has 0 radical (unpaired) electrons. The number of hydrogen-bond acceptors (Lipinski definition) is 5. The van der Waals surface area contributed by atoms with Gasteiger partial charge < -0.3 is 14.4 Å². The lowest BCUT2D eigenvalue weighted by Crippen LogP contribution is -2.23. The number of anilines is 1. The van der Waals surface area contributed by atoms with E-state index in [1.807, 2.05) is 0 Å². The zero-order valence-electron chi connectivity index (χ0n) is 14.7. The Morgan fingerprint density at radius 1 is 1.11 bits per heavy atom. The van der Waals surface area contributed by atoms with E-state index in [1.54, 1.807) is 47.4 Å². The van der Waals surface area contributed by atoms with E-state index < -0.39 is 5.97 Å². The number of amides is 1. The summed E-state index contributed by atoms with van der Waals surface area (Å²) in [6.45, 7) is 0.572. The van der Waals surface area contributed by atoms with Crippen molar-refractivity contribution in [1.29, 1.82) is 0 Å². The first-order valence-electron chi connectivity index (χ1n) is 8.44. The Hall–Kier alpha value is -2.67. The molecule has 1 amide bonds. The third-order valence-electron chi connectivity index (χ3n) is 4.29. The molecule has 1 heterocycles. The van der Waals surface area contributed by atoms with Crippen LogP contribution >= 0.6 is 15.9 Å². The van der Waals surface area contributed by atoms with Crippen LogP contribution in [0.3, 0.4) is 0 Å². The van der Waals surface area contributed by atoms with Gasteiger partial charge in [0.05, 0.1) is 17.1 Å². The third-order valence-corrected chi connectivity index (χ3v) is 4.91. The molecule has 0 spiro atoms. The van der Waals surface area contributed by atoms with Gasteiger partial charge in [-0.3, -0.25) is 9.59 Å². The van der Waals surface area contributed by atoms with Gasteiger partial charge in [-0.15, -0.1) is 0 Å². The van der Waals surface area contributed by atoms with Crippen molar-refractivity contribution in [2.45, 2.75) is 12.8 Å². The predicted molar refractivity (Wildman–Crippen MR) is 103 cm³/mol. The summed E-state index contributed by atoms with van der Waals surface area (Å²) in [6, 6.07) is 11.7. The minimum atomic E-state index is -0.449.